The van der Waals surface area contributed by atoms with Crippen LogP contribution < -0.4 is 9.47 Å². The van der Waals surface area contributed by atoms with Gasteiger partial charge in [-0.2, -0.15) is 0 Å². The Kier molecular flexibility index (Phi) is 6.25. The molecule has 0 aromatic heterocycles. The van der Waals surface area contributed by atoms with Crippen LogP contribution >= 0.6 is 0 Å². The van der Waals surface area contributed by atoms with E-state index in [1.165, 1.54) is 14.2 Å². The molecule has 1 atom stereocenters. The van der Waals surface area contributed by atoms with Crippen LogP contribution in [0, 0.1) is 0 Å². The van der Waals surface area contributed by atoms with Gasteiger partial charge in [-0.1, -0.05) is 0 Å². The van der Waals surface area contributed by atoms with E-state index in [0.29, 0.717) is 24.5 Å². The molecule has 1 fully saturated rings. The van der Waals surface area contributed by atoms with Crippen LogP contribution in [0.15, 0.2) is 12.1 Å². The summed E-state index contributed by atoms with van der Waals surface area (Å²) in [5, 5.41) is 0. The van der Waals surface area contributed by atoms with E-state index in [4.69, 9.17) is 14.2 Å². The van der Waals surface area contributed by atoms with Crippen LogP contribution in [0.5, 0.6) is 11.5 Å². The maximum atomic E-state index is 12.5. The Hall–Kier alpha value is -3.14. The summed E-state index contributed by atoms with van der Waals surface area (Å²) < 4.78 is 15.6. The first-order valence-electron chi connectivity index (χ1n) is 9.59. The highest BCUT2D eigenvalue weighted by atomic mass is 16.5. The van der Waals surface area contributed by atoms with Gasteiger partial charge >= 0.3 is 23.8 Å². The number of amides is 4. The Labute approximate surface area is 174 Å². The van der Waals surface area contributed by atoms with Gasteiger partial charge in [0, 0.05) is 19.1 Å². The van der Waals surface area contributed by atoms with Gasteiger partial charge in [0.25, 0.3) is 0 Å². The largest absolute Gasteiger partial charge is 0.493 e. The summed E-state index contributed by atoms with van der Waals surface area (Å²) in [5.74, 6) is -1.05. The lowest BCUT2D eigenvalue weighted by atomic mass is 9.90. The lowest BCUT2D eigenvalue weighted by molar-refractivity contribution is -0.145. The summed E-state index contributed by atoms with van der Waals surface area (Å²) in [6.45, 7) is 2.12. The Morgan fingerprint density at radius 2 is 1.67 bits per heavy atom. The SMILES string of the molecule is CCN1C(=O)C(=O)N(CN2CCc3cc(OC)c(OC)cc3[C@H]2CC(=O)OC)C1=O. The highest BCUT2D eigenvalue weighted by molar-refractivity contribution is 6.44. The standard InChI is InChI=1S/C20H25N3O7/c1-5-22-18(25)19(26)23(20(22)27)11-21-7-6-12-8-15(28-2)16(29-3)9-13(12)14(21)10-17(24)30-4/h8-9,14H,5-7,10-11H2,1-4H3/t14-/m1/s1. The number of nitrogens with zero attached hydrogens (tertiary/aromatic N) is 3. The minimum Gasteiger partial charge on any atom is -0.493 e. The average Bonchev–Trinajstić information content (AvgIpc) is 2.96. The van der Waals surface area contributed by atoms with Crippen molar-refractivity contribution in [3.8, 4) is 11.5 Å². The van der Waals surface area contributed by atoms with Crippen molar-refractivity contribution in [3.05, 3.63) is 23.3 Å². The van der Waals surface area contributed by atoms with Gasteiger partial charge in [0.05, 0.1) is 34.4 Å². The topological polar surface area (TPSA) is 106 Å². The van der Waals surface area contributed by atoms with Crippen molar-refractivity contribution in [2.45, 2.75) is 25.8 Å². The molecule has 2 aliphatic heterocycles. The molecule has 0 saturated carbocycles. The van der Waals surface area contributed by atoms with Crippen LogP contribution in [0.4, 0.5) is 4.79 Å². The Balaban J connectivity index is 1.95. The van der Waals surface area contributed by atoms with Crippen molar-refractivity contribution in [3.63, 3.8) is 0 Å². The van der Waals surface area contributed by atoms with E-state index in [1.807, 2.05) is 11.0 Å². The molecule has 0 bridgehead atoms. The second-order valence-electron chi connectivity index (χ2n) is 6.97. The summed E-state index contributed by atoms with van der Waals surface area (Å²) in [7, 11) is 4.37. The highest BCUT2D eigenvalue weighted by Gasteiger charge is 2.45. The predicted molar refractivity (Wildman–Crippen MR) is 104 cm³/mol. The van der Waals surface area contributed by atoms with Gasteiger partial charge < -0.3 is 14.2 Å². The number of benzene rings is 1. The number of carbonyl (C=O) groups excluding carboxylic acids is 4. The molecule has 2 heterocycles. The molecule has 0 unspecified atom stereocenters. The van der Waals surface area contributed by atoms with Gasteiger partial charge in [-0.15, -0.1) is 0 Å². The quantitative estimate of drug-likeness (QED) is 0.365. The number of esters is 1. The number of fused-ring (bicyclic) bond motifs is 1. The van der Waals surface area contributed by atoms with Crippen LogP contribution in [-0.2, 0) is 25.5 Å². The Bertz CT molecular complexity index is 885. The number of imide groups is 2. The maximum absolute atomic E-state index is 12.5. The number of hydrogen-bond donors (Lipinski definition) is 0. The van der Waals surface area contributed by atoms with Crippen molar-refractivity contribution >= 4 is 23.8 Å². The minimum absolute atomic E-state index is 0.0145. The summed E-state index contributed by atoms with van der Waals surface area (Å²) in [6.07, 6.45) is 0.621. The van der Waals surface area contributed by atoms with Crippen LogP contribution in [0.25, 0.3) is 0 Å². The third-order valence-electron chi connectivity index (χ3n) is 5.48. The zero-order chi connectivity index (χ0) is 22.0. The number of carbonyl (C=O) groups is 4. The second kappa shape index (κ2) is 8.70. The molecule has 3 rings (SSSR count). The van der Waals surface area contributed by atoms with Gasteiger partial charge in [-0.3, -0.25) is 24.2 Å². The van der Waals surface area contributed by atoms with Crippen molar-refractivity contribution in [2.75, 3.05) is 41.1 Å². The van der Waals surface area contributed by atoms with Gasteiger partial charge in [0.1, 0.15) is 0 Å². The molecule has 10 nitrogen and oxygen atoms in total. The van der Waals surface area contributed by atoms with E-state index in [9.17, 15) is 19.2 Å². The third kappa shape index (κ3) is 3.70. The van der Waals surface area contributed by atoms with Crippen LogP contribution in [0.3, 0.4) is 0 Å². The summed E-state index contributed by atoms with van der Waals surface area (Å²) >= 11 is 0. The molecule has 0 radical (unpaired) electrons. The fourth-order valence-electron chi connectivity index (χ4n) is 3.87. The number of rotatable bonds is 7. The monoisotopic (exact) mass is 419 g/mol. The summed E-state index contributed by atoms with van der Waals surface area (Å²) in [5.41, 5.74) is 1.80. The van der Waals surface area contributed by atoms with Crippen molar-refractivity contribution in [1.29, 1.82) is 0 Å². The third-order valence-corrected chi connectivity index (χ3v) is 5.48. The van der Waals surface area contributed by atoms with Crippen LogP contribution in [0.2, 0.25) is 0 Å². The number of urea groups is 1. The van der Waals surface area contributed by atoms with Crippen molar-refractivity contribution in [1.82, 2.24) is 14.7 Å². The van der Waals surface area contributed by atoms with Gasteiger partial charge in [-0.25, -0.2) is 9.69 Å². The molecule has 4 amide bonds. The van der Waals surface area contributed by atoms with Gasteiger partial charge in [0.15, 0.2) is 11.5 Å². The van der Waals surface area contributed by atoms with Gasteiger partial charge in [-0.05, 0) is 36.6 Å². The second-order valence-corrected chi connectivity index (χ2v) is 6.97. The van der Waals surface area contributed by atoms with Crippen molar-refractivity contribution in [2.24, 2.45) is 0 Å². The predicted octanol–water partition coefficient (Wildman–Crippen LogP) is 0.934. The van der Waals surface area contributed by atoms with Gasteiger partial charge in [0.2, 0.25) is 0 Å². The highest BCUT2D eigenvalue weighted by Crippen LogP contribution is 2.39. The molecule has 0 aliphatic carbocycles. The number of hydrogen-bond acceptors (Lipinski definition) is 8. The van der Waals surface area contributed by atoms with Crippen LogP contribution in [-0.4, -0.2) is 79.6 Å². The van der Waals surface area contributed by atoms with E-state index in [2.05, 4.69) is 0 Å². The van der Waals surface area contributed by atoms with E-state index in [1.54, 1.807) is 20.1 Å². The molecule has 30 heavy (non-hydrogen) atoms. The molecule has 2 aliphatic rings. The normalized spacial score (nSPS) is 19.2. The lowest BCUT2D eigenvalue weighted by Crippen LogP contribution is -2.46. The minimum atomic E-state index is -0.864. The van der Waals surface area contributed by atoms with E-state index in [0.717, 1.165) is 20.9 Å². The molecule has 0 N–H and O–H groups in total. The molecular weight excluding hydrogens is 394 g/mol. The summed E-state index contributed by atoms with van der Waals surface area (Å²) in [4.78, 5) is 52.6. The number of ether oxygens (including phenoxy) is 3. The molecule has 10 heteroatoms. The fraction of sp³-hybridized carbons (Fsp3) is 0.500. The maximum Gasteiger partial charge on any atom is 0.335 e. The Morgan fingerprint density at radius 1 is 1.03 bits per heavy atom. The zero-order valence-corrected chi connectivity index (χ0v) is 17.5. The number of likely N-dealkylation sites (N-methyl/N-ethyl adjacent to an activating group) is 1. The van der Waals surface area contributed by atoms with Crippen LogP contribution in [0.1, 0.15) is 30.5 Å². The smallest absolute Gasteiger partial charge is 0.335 e. The van der Waals surface area contributed by atoms with E-state index >= 15 is 0 Å². The molecule has 1 aromatic rings. The fourth-order valence-corrected chi connectivity index (χ4v) is 3.87. The molecule has 1 saturated heterocycles. The van der Waals surface area contributed by atoms with E-state index < -0.39 is 29.9 Å². The molecular formula is C20H25N3O7. The molecule has 1 aromatic carbocycles. The first-order chi connectivity index (χ1) is 14.4. The van der Waals surface area contributed by atoms with Crippen molar-refractivity contribution < 1.29 is 33.4 Å². The zero-order valence-electron chi connectivity index (χ0n) is 17.5. The van der Waals surface area contributed by atoms with E-state index in [-0.39, 0.29) is 19.6 Å². The average molecular weight is 419 g/mol. The first kappa shape index (κ1) is 21.6. The Morgan fingerprint density at radius 3 is 2.23 bits per heavy atom. The number of methoxy groups -OCH3 is 3. The molecule has 162 valence electrons. The summed E-state index contributed by atoms with van der Waals surface area (Å²) in [6, 6.07) is 2.55. The molecule has 0 spiro atoms. The first-order valence-corrected chi connectivity index (χ1v) is 9.59. The lowest BCUT2D eigenvalue weighted by Gasteiger charge is -2.38.